The van der Waals surface area contributed by atoms with Crippen LogP contribution in [0.5, 0.6) is 0 Å². The third-order valence-electron chi connectivity index (χ3n) is 8.75. The summed E-state index contributed by atoms with van der Waals surface area (Å²) < 4.78 is 3.73. The van der Waals surface area contributed by atoms with Gasteiger partial charge in [-0.25, -0.2) is 0 Å². The van der Waals surface area contributed by atoms with Gasteiger partial charge in [0.1, 0.15) is 0 Å². The van der Waals surface area contributed by atoms with Crippen LogP contribution in [0.25, 0.3) is 42.4 Å². The second-order valence-corrected chi connectivity index (χ2v) is 13.5. The summed E-state index contributed by atoms with van der Waals surface area (Å²) in [4.78, 5) is 2.45. The second-order valence-electron chi connectivity index (χ2n) is 11.5. The summed E-state index contributed by atoms with van der Waals surface area (Å²) in [6.45, 7) is 4.70. The smallest absolute Gasteiger partial charge is 0.0543 e. The van der Waals surface area contributed by atoms with E-state index in [0.29, 0.717) is 0 Å². The molecule has 0 saturated heterocycles. The number of hydrogen-bond donors (Lipinski definition) is 0. The number of halogens is 1. The van der Waals surface area contributed by atoms with Crippen molar-refractivity contribution in [3.63, 3.8) is 0 Å². The molecule has 1 nitrogen and oxygen atoms in total. The molecule has 0 bridgehead atoms. The molecule has 0 radical (unpaired) electrons. The molecule has 0 atom stereocenters. The van der Waals surface area contributed by atoms with E-state index in [9.17, 15) is 0 Å². The third-order valence-corrected chi connectivity index (χ3v) is 10.5. The summed E-state index contributed by atoms with van der Waals surface area (Å²) in [5, 5.41) is 2.58. The van der Waals surface area contributed by atoms with Gasteiger partial charge < -0.3 is 4.90 Å². The summed E-state index contributed by atoms with van der Waals surface area (Å²) in [5.74, 6) is 0. The van der Waals surface area contributed by atoms with Gasteiger partial charge >= 0.3 is 0 Å². The normalized spacial score (nSPS) is 13.3. The molecular formula is C39H28BrNS. The average molecular weight is 623 g/mol. The molecule has 42 heavy (non-hydrogen) atoms. The van der Waals surface area contributed by atoms with E-state index in [1.54, 1.807) is 0 Å². The van der Waals surface area contributed by atoms with Crippen LogP contribution in [0.15, 0.2) is 138 Å². The predicted octanol–water partition coefficient (Wildman–Crippen LogP) is 12.3. The first-order chi connectivity index (χ1) is 20.5. The lowest BCUT2D eigenvalue weighted by atomic mass is 9.82. The van der Waals surface area contributed by atoms with Crippen molar-refractivity contribution in [2.75, 3.05) is 4.90 Å². The van der Waals surface area contributed by atoms with Crippen LogP contribution in [0.3, 0.4) is 0 Å². The van der Waals surface area contributed by atoms with Crippen molar-refractivity contribution in [1.82, 2.24) is 0 Å². The minimum atomic E-state index is -0.0630. The topological polar surface area (TPSA) is 3.24 Å². The molecular weight excluding hydrogens is 594 g/mol. The lowest BCUT2D eigenvalue weighted by Crippen LogP contribution is -2.16. The molecule has 3 heteroatoms. The highest BCUT2D eigenvalue weighted by Crippen LogP contribution is 2.54. The summed E-state index contributed by atoms with van der Waals surface area (Å²) in [7, 11) is 0. The molecule has 6 aromatic carbocycles. The van der Waals surface area contributed by atoms with Crippen molar-refractivity contribution in [2.45, 2.75) is 19.3 Å². The van der Waals surface area contributed by atoms with Gasteiger partial charge in [-0.2, -0.15) is 0 Å². The fraction of sp³-hybridized carbons (Fsp3) is 0.0769. The highest BCUT2D eigenvalue weighted by atomic mass is 79.9. The second kappa shape index (κ2) is 9.69. The summed E-state index contributed by atoms with van der Waals surface area (Å²) in [6, 6.07) is 48.8. The maximum Gasteiger partial charge on any atom is 0.0543 e. The first-order valence-electron chi connectivity index (χ1n) is 14.3. The first-order valence-corrected chi connectivity index (χ1v) is 15.9. The van der Waals surface area contributed by atoms with Crippen molar-refractivity contribution in [3.8, 4) is 22.3 Å². The van der Waals surface area contributed by atoms with E-state index in [0.717, 1.165) is 15.8 Å². The zero-order valence-electron chi connectivity index (χ0n) is 23.4. The van der Waals surface area contributed by atoms with Gasteiger partial charge in [-0.1, -0.05) is 121 Å². The minimum absolute atomic E-state index is 0.0630. The molecule has 0 unspecified atom stereocenters. The molecule has 7 aromatic rings. The third kappa shape index (κ3) is 3.88. The number of thiophene rings is 1. The average Bonchev–Trinajstić information content (AvgIpc) is 3.51. The maximum absolute atomic E-state index is 3.80. The lowest BCUT2D eigenvalue weighted by Gasteiger charge is -2.29. The van der Waals surface area contributed by atoms with Crippen LogP contribution < -0.4 is 4.90 Å². The Bertz CT molecular complexity index is 2120. The maximum atomic E-state index is 3.80. The van der Waals surface area contributed by atoms with E-state index in [4.69, 9.17) is 0 Å². The van der Waals surface area contributed by atoms with E-state index >= 15 is 0 Å². The Balaban J connectivity index is 1.37. The lowest BCUT2D eigenvalue weighted by molar-refractivity contribution is 0.660. The van der Waals surface area contributed by atoms with Crippen LogP contribution in [0.4, 0.5) is 17.1 Å². The van der Waals surface area contributed by atoms with E-state index in [1.165, 1.54) is 59.2 Å². The quantitative estimate of drug-likeness (QED) is 0.189. The highest BCUT2D eigenvalue weighted by Gasteiger charge is 2.37. The van der Waals surface area contributed by atoms with E-state index in [-0.39, 0.29) is 5.41 Å². The molecule has 0 amide bonds. The van der Waals surface area contributed by atoms with Gasteiger partial charge in [0.15, 0.2) is 0 Å². The van der Waals surface area contributed by atoms with Crippen LogP contribution >= 0.6 is 27.3 Å². The van der Waals surface area contributed by atoms with E-state index < -0.39 is 0 Å². The fourth-order valence-electron chi connectivity index (χ4n) is 6.69. The number of anilines is 3. The van der Waals surface area contributed by atoms with Gasteiger partial charge in [0.2, 0.25) is 0 Å². The van der Waals surface area contributed by atoms with Gasteiger partial charge in [0, 0.05) is 47.0 Å². The van der Waals surface area contributed by atoms with Crippen LogP contribution in [0.1, 0.15) is 25.0 Å². The number of nitrogens with zero attached hydrogens (tertiary/aromatic N) is 1. The minimum Gasteiger partial charge on any atom is -0.310 e. The Labute approximate surface area is 258 Å². The molecule has 0 saturated carbocycles. The number of benzene rings is 6. The van der Waals surface area contributed by atoms with Crippen LogP contribution in [-0.4, -0.2) is 0 Å². The molecule has 0 N–H and O–H groups in total. The molecule has 8 rings (SSSR count). The zero-order valence-corrected chi connectivity index (χ0v) is 25.8. The molecule has 202 valence electrons. The summed E-state index contributed by atoms with van der Waals surface area (Å²) >= 11 is 5.65. The monoisotopic (exact) mass is 621 g/mol. The van der Waals surface area contributed by atoms with Crippen molar-refractivity contribution < 1.29 is 0 Å². The molecule has 0 spiro atoms. The van der Waals surface area contributed by atoms with Gasteiger partial charge in [-0.05, 0) is 70.3 Å². The summed E-state index contributed by atoms with van der Waals surface area (Å²) in [5.41, 5.74) is 11.3. The van der Waals surface area contributed by atoms with Crippen LogP contribution in [0.2, 0.25) is 0 Å². The molecule has 1 heterocycles. The summed E-state index contributed by atoms with van der Waals surface area (Å²) in [6.07, 6.45) is 0. The largest absolute Gasteiger partial charge is 0.310 e. The molecule has 1 aliphatic rings. The molecule has 1 aliphatic carbocycles. The Kier molecular flexibility index (Phi) is 5.89. The van der Waals surface area contributed by atoms with Crippen molar-refractivity contribution >= 4 is 64.5 Å². The Morgan fingerprint density at radius 1 is 0.595 bits per heavy atom. The van der Waals surface area contributed by atoms with Gasteiger partial charge in [0.05, 0.1) is 5.69 Å². The first kappa shape index (κ1) is 25.5. The van der Waals surface area contributed by atoms with Crippen molar-refractivity contribution in [2.24, 2.45) is 0 Å². The number of rotatable bonds is 4. The SMILES string of the molecule is CC1(C)c2ccccc2-c2c(N(c3ccc(-c4ccccc4)cc3)c3ccc4c(c3)sc3cccc(Br)c34)cccc21. The number of hydrogen-bond acceptors (Lipinski definition) is 2. The molecule has 1 aromatic heterocycles. The van der Waals surface area contributed by atoms with E-state index in [2.05, 4.69) is 168 Å². The Hall–Kier alpha value is -4.18. The fourth-order valence-corrected chi connectivity index (χ4v) is 8.57. The standard InChI is InChI=1S/C39H28BrNS/c1-39(2)31-13-7-6-12-29(31)37-32(39)14-8-16-34(37)41(27-20-18-26(19-21-27)25-10-4-3-5-11-25)28-22-23-30-36(24-28)42-35-17-9-15-33(40)38(30)35/h3-24H,1-2H3. The van der Waals surface area contributed by atoms with Crippen molar-refractivity contribution in [3.05, 3.63) is 149 Å². The predicted molar refractivity (Wildman–Crippen MR) is 185 cm³/mol. The number of fused-ring (bicyclic) bond motifs is 6. The van der Waals surface area contributed by atoms with Gasteiger partial charge in [-0.3, -0.25) is 0 Å². The zero-order chi connectivity index (χ0) is 28.4. The molecule has 0 aliphatic heterocycles. The van der Waals surface area contributed by atoms with Crippen molar-refractivity contribution in [1.29, 1.82) is 0 Å². The molecule has 0 fully saturated rings. The Morgan fingerprint density at radius 3 is 2.12 bits per heavy atom. The van der Waals surface area contributed by atoms with Crippen LogP contribution in [0, 0.1) is 0 Å². The van der Waals surface area contributed by atoms with E-state index in [1.807, 2.05) is 11.3 Å². The van der Waals surface area contributed by atoms with Crippen LogP contribution in [-0.2, 0) is 5.41 Å². The Morgan fingerprint density at radius 2 is 1.29 bits per heavy atom. The van der Waals surface area contributed by atoms with Gasteiger partial charge in [0.25, 0.3) is 0 Å². The highest BCUT2D eigenvalue weighted by molar-refractivity contribution is 9.10. The van der Waals surface area contributed by atoms with Gasteiger partial charge in [-0.15, -0.1) is 11.3 Å².